The zero-order valence-electron chi connectivity index (χ0n) is 10.4. The highest BCUT2D eigenvalue weighted by molar-refractivity contribution is 9.11. The van der Waals surface area contributed by atoms with Crippen LogP contribution < -0.4 is 16.4 Å². The van der Waals surface area contributed by atoms with Crippen molar-refractivity contribution < 1.29 is 9.59 Å². The van der Waals surface area contributed by atoms with Crippen molar-refractivity contribution in [3.8, 4) is 0 Å². The number of nitrogens with two attached hydrogens (primary N) is 1. The SMILES string of the molecule is NC(=O)Nc1ccc(CNC(=O)c2csc(Br)c2)cc1. The molecule has 7 heteroatoms. The Morgan fingerprint density at radius 3 is 2.50 bits per heavy atom. The number of hydrogen-bond acceptors (Lipinski definition) is 3. The number of carbonyl (C=O) groups is 2. The minimum atomic E-state index is -0.603. The van der Waals surface area contributed by atoms with E-state index in [1.165, 1.54) is 11.3 Å². The Morgan fingerprint density at radius 2 is 1.95 bits per heavy atom. The number of thiophene rings is 1. The van der Waals surface area contributed by atoms with Gasteiger partial charge in [-0.05, 0) is 39.7 Å². The summed E-state index contributed by atoms with van der Waals surface area (Å²) in [5, 5.41) is 7.09. The van der Waals surface area contributed by atoms with Gasteiger partial charge in [-0.15, -0.1) is 11.3 Å². The molecule has 104 valence electrons. The van der Waals surface area contributed by atoms with Crippen LogP contribution in [-0.4, -0.2) is 11.9 Å². The molecule has 0 radical (unpaired) electrons. The smallest absolute Gasteiger partial charge is 0.316 e. The van der Waals surface area contributed by atoms with E-state index in [-0.39, 0.29) is 5.91 Å². The number of primary amides is 1. The number of urea groups is 1. The summed E-state index contributed by atoms with van der Waals surface area (Å²) in [6.45, 7) is 0.420. The molecule has 0 atom stereocenters. The number of nitrogens with one attached hydrogen (secondary N) is 2. The Labute approximate surface area is 128 Å². The van der Waals surface area contributed by atoms with Gasteiger partial charge in [0.25, 0.3) is 5.91 Å². The van der Waals surface area contributed by atoms with E-state index in [2.05, 4.69) is 26.6 Å². The molecule has 1 aromatic carbocycles. The summed E-state index contributed by atoms with van der Waals surface area (Å²) in [7, 11) is 0. The predicted molar refractivity (Wildman–Crippen MR) is 82.8 cm³/mol. The summed E-state index contributed by atoms with van der Waals surface area (Å²) in [5.74, 6) is -0.119. The Bertz CT molecular complexity index is 625. The first-order valence-electron chi connectivity index (χ1n) is 5.72. The third-order valence-corrected chi connectivity index (χ3v) is 4.01. The van der Waals surface area contributed by atoms with Gasteiger partial charge < -0.3 is 16.4 Å². The number of halogens is 1. The molecule has 2 rings (SSSR count). The normalized spacial score (nSPS) is 10.1. The van der Waals surface area contributed by atoms with Gasteiger partial charge in [-0.1, -0.05) is 12.1 Å². The standard InChI is InChI=1S/C13H12BrN3O2S/c14-11-5-9(7-20-11)12(18)16-6-8-1-3-10(4-2-8)17-13(15)19/h1-5,7H,6H2,(H,16,18)(H3,15,17,19). The summed E-state index contributed by atoms with van der Waals surface area (Å²) >= 11 is 4.78. The van der Waals surface area contributed by atoms with Crippen molar-refractivity contribution in [1.29, 1.82) is 0 Å². The molecule has 0 fully saturated rings. The maximum Gasteiger partial charge on any atom is 0.316 e. The van der Waals surface area contributed by atoms with Crippen molar-refractivity contribution in [2.24, 2.45) is 5.73 Å². The summed E-state index contributed by atoms with van der Waals surface area (Å²) in [5.41, 5.74) is 7.20. The van der Waals surface area contributed by atoms with Crippen LogP contribution >= 0.6 is 27.3 Å². The lowest BCUT2D eigenvalue weighted by Crippen LogP contribution is -2.22. The van der Waals surface area contributed by atoms with Crippen molar-refractivity contribution in [3.05, 3.63) is 50.6 Å². The molecule has 3 amide bonds. The van der Waals surface area contributed by atoms with Gasteiger partial charge in [-0.2, -0.15) is 0 Å². The molecule has 1 aromatic heterocycles. The Hall–Kier alpha value is -1.86. The van der Waals surface area contributed by atoms with Crippen molar-refractivity contribution in [2.45, 2.75) is 6.54 Å². The molecule has 0 aliphatic rings. The van der Waals surface area contributed by atoms with Gasteiger partial charge in [-0.25, -0.2) is 4.79 Å². The molecule has 5 nitrogen and oxygen atoms in total. The lowest BCUT2D eigenvalue weighted by molar-refractivity contribution is 0.0951. The topological polar surface area (TPSA) is 84.2 Å². The lowest BCUT2D eigenvalue weighted by Gasteiger charge is -2.06. The first kappa shape index (κ1) is 14.5. The Balaban J connectivity index is 1.90. The molecule has 0 spiro atoms. The second kappa shape index (κ2) is 6.53. The molecular formula is C13H12BrN3O2S. The van der Waals surface area contributed by atoms with Crippen LogP contribution in [0, 0.1) is 0 Å². The minimum absolute atomic E-state index is 0.119. The maximum atomic E-state index is 11.8. The monoisotopic (exact) mass is 353 g/mol. The van der Waals surface area contributed by atoms with E-state index in [1.807, 2.05) is 12.1 Å². The van der Waals surface area contributed by atoms with E-state index in [9.17, 15) is 9.59 Å². The number of rotatable bonds is 4. The molecule has 20 heavy (non-hydrogen) atoms. The molecule has 0 bridgehead atoms. The molecule has 1 heterocycles. The average molecular weight is 354 g/mol. The van der Waals surface area contributed by atoms with E-state index >= 15 is 0 Å². The van der Waals surface area contributed by atoms with Gasteiger partial charge in [0, 0.05) is 17.6 Å². The van der Waals surface area contributed by atoms with Crippen LogP contribution in [0.4, 0.5) is 10.5 Å². The molecule has 0 saturated heterocycles. The predicted octanol–water partition coefficient (Wildman–Crippen LogP) is 2.93. The Kier molecular flexibility index (Phi) is 4.75. The first-order chi connectivity index (χ1) is 9.54. The largest absolute Gasteiger partial charge is 0.351 e. The van der Waals surface area contributed by atoms with Crippen LogP contribution in [-0.2, 0) is 6.54 Å². The van der Waals surface area contributed by atoms with E-state index < -0.39 is 6.03 Å². The van der Waals surface area contributed by atoms with E-state index in [0.717, 1.165) is 9.35 Å². The number of amides is 3. The fourth-order valence-corrected chi connectivity index (χ4v) is 2.70. The van der Waals surface area contributed by atoms with Gasteiger partial charge >= 0.3 is 6.03 Å². The highest BCUT2D eigenvalue weighted by atomic mass is 79.9. The van der Waals surface area contributed by atoms with Crippen molar-refractivity contribution >= 4 is 44.9 Å². The zero-order chi connectivity index (χ0) is 14.5. The van der Waals surface area contributed by atoms with Crippen LogP contribution in [0.15, 0.2) is 39.5 Å². The molecular weight excluding hydrogens is 342 g/mol. The van der Waals surface area contributed by atoms with Gasteiger partial charge in [0.15, 0.2) is 0 Å². The number of hydrogen-bond donors (Lipinski definition) is 3. The average Bonchev–Trinajstić information content (AvgIpc) is 2.84. The molecule has 2 aromatic rings. The van der Waals surface area contributed by atoms with Crippen molar-refractivity contribution in [2.75, 3.05) is 5.32 Å². The van der Waals surface area contributed by atoms with Gasteiger partial charge in [-0.3, -0.25) is 4.79 Å². The number of benzene rings is 1. The second-order valence-electron chi connectivity index (χ2n) is 4.01. The van der Waals surface area contributed by atoms with Crippen molar-refractivity contribution in [1.82, 2.24) is 5.32 Å². The van der Waals surface area contributed by atoms with Crippen LogP contribution in [0.5, 0.6) is 0 Å². The highest BCUT2D eigenvalue weighted by Crippen LogP contribution is 2.20. The van der Waals surface area contributed by atoms with Crippen LogP contribution in [0.25, 0.3) is 0 Å². The first-order valence-corrected chi connectivity index (χ1v) is 7.39. The van der Waals surface area contributed by atoms with Crippen LogP contribution in [0.3, 0.4) is 0 Å². The molecule has 0 aliphatic heterocycles. The number of carbonyl (C=O) groups excluding carboxylic acids is 2. The zero-order valence-corrected chi connectivity index (χ0v) is 12.8. The molecule has 0 aliphatic carbocycles. The van der Waals surface area contributed by atoms with Crippen LogP contribution in [0.2, 0.25) is 0 Å². The molecule has 4 N–H and O–H groups in total. The minimum Gasteiger partial charge on any atom is -0.351 e. The summed E-state index contributed by atoms with van der Waals surface area (Å²) in [6, 6.07) is 8.26. The third kappa shape index (κ3) is 4.07. The van der Waals surface area contributed by atoms with Gasteiger partial charge in [0.05, 0.1) is 9.35 Å². The lowest BCUT2D eigenvalue weighted by atomic mass is 10.2. The summed E-state index contributed by atoms with van der Waals surface area (Å²) in [6.07, 6.45) is 0. The maximum absolute atomic E-state index is 11.8. The number of anilines is 1. The third-order valence-electron chi connectivity index (χ3n) is 2.50. The van der Waals surface area contributed by atoms with Crippen molar-refractivity contribution in [3.63, 3.8) is 0 Å². The Morgan fingerprint density at radius 1 is 1.25 bits per heavy atom. The fourth-order valence-electron chi connectivity index (χ4n) is 1.56. The summed E-state index contributed by atoms with van der Waals surface area (Å²) in [4.78, 5) is 22.5. The highest BCUT2D eigenvalue weighted by Gasteiger charge is 2.07. The van der Waals surface area contributed by atoms with Crippen LogP contribution in [0.1, 0.15) is 15.9 Å². The van der Waals surface area contributed by atoms with E-state index in [4.69, 9.17) is 5.73 Å². The van der Waals surface area contributed by atoms with Gasteiger partial charge in [0.1, 0.15) is 0 Å². The summed E-state index contributed by atoms with van der Waals surface area (Å²) < 4.78 is 0.921. The molecule has 0 saturated carbocycles. The fraction of sp³-hybridized carbons (Fsp3) is 0.0769. The van der Waals surface area contributed by atoms with E-state index in [0.29, 0.717) is 17.8 Å². The molecule has 0 unspecified atom stereocenters. The van der Waals surface area contributed by atoms with E-state index in [1.54, 1.807) is 23.6 Å². The second-order valence-corrected chi connectivity index (χ2v) is 6.30. The quantitative estimate of drug-likeness (QED) is 0.789. The van der Waals surface area contributed by atoms with Gasteiger partial charge in [0.2, 0.25) is 0 Å².